The van der Waals surface area contributed by atoms with Crippen molar-refractivity contribution in [3.8, 4) is 16.9 Å². The predicted molar refractivity (Wildman–Crippen MR) is 149 cm³/mol. The van der Waals surface area contributed by atoms with Gasteiger partial charge in [-0.1, -0.05) is 54.6 Å². The van der Waals surface area contributed by atoms with E-state index in [1.165, 1.54) is 11.1 Å². The molecule has 1 saturated heterocycles. The van der Waals surface area contributed by atoms with E-state index in [2.05, 4.69) is 41.0 Å². The van der Waals surface area contributed by atoms with Crippen LogP contribution in [0.1, 0.15) is 41.5 Å². The van der Waals surface area contributed by atoms with Crippen molar-refractivity contribution >= 4 is 11.9 Å². The summed E-state index contributed by atoms with van der Waals surface area (Å²) in [4.78, 5) is 28.1. The number of hydrogen-bond donors (Lipinski definition) is 2. The molecule has 1 aliphatic carbocycles. The van der Waals surface area contributed by atoms with Crippen LogP contribution in [0.15, 0.2) is 66.7 Å². The van der Waals surface area contributed by atoms with E-state index in [9.17, 15) is 9.59 Å². The molecule has 2 N–H and O–H groups in total. The van der Waals surface area contributed by atoms with E-state index in [1.807, 2.05) is 48.2 Å². The average Bonchev–Trinajstić information content (AvgIpc) is 3.76. The number of methoxy groups -OCH3 is 1. The van der Waals surface area contributed by atoms with Crippen LogP contribution in [0.2, 0.25) is 0 Å². The van der Waals surface area contributed by atoms with E-state index in [1.54, 1.807) is 7.11 Å². The Hall–Kier alpha value is -3.84. The molecule has 3 aromatic rings. The molecule has 0 bridgehead atoms. The fraction of sp³-hybridized carbons (Fsp3) is 0.375. The quantitative estimate of drug-likeness (QED) is 0.471. The van der Waals surface area contributed by atoms with Crippen molar-refractivity contribution in [1.82, 2.24) is 15.5 Å². The van der Waals surface area contributed by atoms with Crippen molar-refractivity contribution in [1.29, 1.82) is 0 Å². The molecule has 3 aliphatic rings. The normalized spacial score (nSPS) is 20.8. The molecule has 2 atom stereocenters. The molecule has 6 rings (SSSR count). The summed E-state index contributed by atoms with van der Waals surface area (Å²) < 4.78 is 10.8. The molecule has 2 fully saturated rings. The van der Waals surface area contributed by atoms with Crippen LogP contribution >= 0.6 is 0 Å². The highest BCUT2D eigenvalue weighted by Crippen LogP contribution is 2.47. The molecule has 7 nitrogen and oxygen atoms in total. The average molecular weight is 526 g/mol. The van der Waals surface area contributed by atoms with E-state index in [0.717, 1.165) is 40.8 Å². The third kappa shape index (κ3) is 5.23. The van der Waals surface area contributed by atoms with Crippen molar-refractivity contribution in [2.45, 2.75) is 44.3 Å². The van der Waals surface area contributed by atoms with Gasteiger partial charge in [-0.05, 0) is 71.2 Å². The first-order chi connectivity index (χ1) is 18.9. The number of nitrogens with one attached hydrogen (secondary N) is 2. The summed E-state index contributed by atoms with van der Waals surface area (Å²) in [7, 11) is 1.67. The highest BCUT2D eigenvalue weighted by atomic mass is 16.5. The SMILES string of the molecule is COc1cccc(-c2ccc(CNC(=O)[C@@H]3C[C@H]3c3ccccc3)c3c2CCN(C(=O)NC2(C)COC2)C3)c1. The molecule has 0 unspecified atom stereocenters. The molecule has 0 radical (unpaired) electrons. The van der Waals surface area contributed by atoms with Crippen LogP contribution in [0.3, 0.4) is 0 Å². The summed E-state index contributed by atoms with van der Waals surface area (Å²) >= 11 is 0. The van der Waals surface area contributed by atoms with E-state index in [0.29, 0.717) is 38.8 Å². The lowest BCUT2D eigenvalue weighted by Crippen LogP contribution is -2.62. The van der Waals surface area contributed by atoms with Gasteiger partial charge >= 0.3 is 6.03 Å². The zero-order chi connectivity index (χ0) is 27.0. The number of carbonyl (C=O) groups is 2. The molecule has 1 saturated carbocycles. The minimum Gasteiger partial charge on any atom is -0.497 e. The van der Waals surface area contributed by atoms with Crippen LogP contribution in [0.5, 0.6) is 5.75 Å². The number of benzene rings is 3. The maximum Gasteiger partial charge on any atom is 0.318 e. The van der Waals surface area contributed by atoms with Gasteiger partial charge in [0, 0.05) is 25.6 Å². The van der Waals surface area contributed by atoms with Crippen LogP contribution in [0.4, 0.5) is 4.79 Å². The molecule has 202 valence electrons. The lowest BCUT2D eigenvalue weighted by atomic mass is 9.87. The number of rotatable bonds is 7. The molecule has 2 heterocycles. The first-order valence-corrected chi connectivity index (χ1v) is 13.7. The van der Waals surface area contributed by atoms with Gasteiger partial charge in [0.25, 0.3) is 0 Å². The molecule has 0 spiro atoms. The van der Waals surface area contributed by atoms with Gasteiger partial charge in [-0.15, -0.1) is 0 Å². The Morgan fingerprint density at radius 3 is 2.62 bits per heavy atom. The standard InChI is InChI=1S/C32H35N3O4/c1-32(19-39-20-32)34-31(37)35-14-13-26-25(22-9-6-10-24(15-22)38-2)12-11-23(29(26)18-35)17-33-30(36)28-16-27(28)21-7-4-3-5-8-21/h3-12,15,27-28H,13-14,16-20H2,1-2H3,(H,33,36)(H,34,37)/t27-,28+/m0/s1. The minimum absolute atomic E-state index is 0.0204. The first-order valence-electron chi connectivity index (χ1n) is 13.7. The summed E-state index contributed by atoms with van der Waals surface area (Å²) in [5.74, 6) is 1.22. The summed E-state index contributed by atoms with van der Waals surface area (Å²) in [5.41, 5.74) is 6.54. The molecule has 2 aliphatic heterocycles. The molecular weight excluding hydrogens is 490 g/mol. The van der Waals surface area contributed by atoms with Crippen LogP contribution in [0, 0.1) is 5.92 Å². The summed E-state index contributed by atoms with van der Waals surface area (Å²) in [6.45, 7) is 4.64. The van der Waals surface area contributed by atoms with Crippen LogP contribution in [-0.2, 0) is 29.0 Å². The molecular formula is C32H35N3O4. The maximum absolute atomic E-state index is 13.2. The Kier molecular flexibility index (Phi) is 6.77. The Labute approximate surface area is 229 Å². The predicted octanol–water partition coefficient (Wildman–Crippen LogP) is 4.64. The molecule has 3 amide bonds. The van der Waals surface area contributed by atoms with Crippen molar-refractivity contribution < 1.29 is 19.1 Å². The van der Waals surface area contributed by atoms with Gasteiger partial charge in [-0.3, -0.25) is 4.79 Å². The second kappa shape index (κ2) is 10.4. The topological polar surface area (TPSA) is 79.9 Å². The number of ether oxygens (including phenoxy) is 2. The van der Waals surface area contributed by atoms with E-state index >= 15 is 0 Å². The van der Waals surface area contributed by atoms with Crippen LogP contribution in [0.25, 0.3) is 11.1 Å². The van der Waals surface area contributed by atoms with Crippen molar-refractivity contribution in [3.63, 3.8) is 0 Å². The van der Waals surface area contributed by atoms with Gasteiger partial charge in [0.1, 0.15) is 5.75 Å². The van der Waals surface area contributed by atoms with Gasteiger partial charge in [0.2, 0.25) is 5.91 Å². The van der Waals surface area contributed by atoms with E-state index in [4.69, 9.17) is 9.47 Å². The van der Waals surface area contributed by atoms with Crippen LogP contribution < -0.4 is 15.4 Å². The number of fused-ring (bicyclic) bond motifs is 1. The Bertz CT molecular complexity index is 1390. The van der Waals surface area contributed by atoms with Gasteiger partial charge in [-0.2, -0.15) is 0 Å². The zero-order valence-electron chi connectivity index (χ0n) is 22.5. The van der Waals surface area contributed by atoms with Crippen LogP contribution in [-0.4, -0.2) is 49.2 Å². The third-order valence-corrected chi connectivity index (χ3v) is 8.23. The van der Waals surface area contributed by atoms with Crippen molar-refractivity contribution in [2.75, 3.05) is 26.9 Å². The van der Waals surface area contributed by atoms with Gasteiger partial charge in [-0.25, -0.2) is 4.79 Å². The Morgan fingerprint density at radius 1 is 1.05 bits per heavy atom. The van der Waals surface area contributed by atoms with Crippen molar-refractivity contribution in [3.05, 3.63) is 89.0 Å². The highest BCUT2D eigenvalue weighted by molar-refractivity contribution is 5.83. The molecule has 0 aromatic heterocycles. The second-order valence-electron chi connectivity index (χ2n) is 11.2. The zero-order valence-corrected chi connectivity index (χ0v) is 22.5. The second-order valence-corrected chi connectivity index (χ2v) is 11.2. The lowest BCUT2D eigenvalue weighted by Gasteiger charge is -2.41. The highest BCUT2D eigenvalue weighted by Gasteiger charge is 2.43. The van der Waals surface area contributed by atoms with Gasteiger partial charge in [0.15, 0.2) is 0 Å². The maximum atomic E-state index is 13.2. The number of amides is 3. The smallest absolute Gasteiger partial charge is 0.318 e. The monoisotopic (exact) mass is 525 g/mol. The fourth-order valence-electron chi connectivity index (χ4n) is 5.83. The van der Waals surface area contributed by atoms with Gasteiger partial charge in [0.05, 0.1) is 25.9 Å². The minimum atomic E-state index is -0.309. The van der Waals surface area contributed by atoms with E-state index < -0.39 is 0 Å². The Balaban J connectivity index is 1.23. The number of carbonyl (C=O) groups excluding carboxylic acids is 2. The molecule has 39 heavy (non-hydrogen) atoms. The van der Waals surface area contributed by atoms with E-state index in [-0.39, 0.29) is 23.4 Å². The summed E-state index contributed by atoms with van der Waals surface area (Å²) in [6, 6.07) is 22.5. The number of hydrogen-bond acceptors (Lipinski definition) is 4. The Morgan fingerprint density at radius 2 is 1.87 bits per heavy atom. The third-order valence-electron chi connectivity index (χ3n) is 8.23. The summed E-state index contributed by atoms with van der Waals surface area (Å²) in [5, 5.41) is 6.34. The number of urea groups is 1. The lowest BCUT2D eigenvalue weighted by molar-refractivity contribution is -0.122. The number of nitrogens with zero attached hydrogens (tertiary/aromatic N) is 1. The summed E-state index contributed by atoms with van der Waals surface area (Å²) in [6.07, 6.45) is 1.63. The largest absolute Gasteiger partial charge is 0.497 e. The molecule has 7 heteroatoms. The molecule has 3 aromatic carbocycles. The van der Waals surface area contributed by atoms with Crippen molar-refractivity contribution in [2.24, 2.45) is 5.92 Å². The van der Waals surface area contributed by atoms with Gasteiger partial charge < -0.3 is 25.0 Å². The first kappa shape index (κ1) is 25.4. The fourth-order valence-corrected chi connectivity index (χ4v) is 5.83.